The number of nitrogens with one attached hydrogen (secondary N) is 1. The van der Waals surface area contributed by atoms with Gasteiger partial charge in [0.05, 0.1) is 12.1 Å². The predicted octanol–water partition coefficient (Wildman–Crippen LogP) is 2.35. The minimum absolute atomic E-state index is 0.146. The van der Waals surface area contributed by atoms with Gasteiger partial charge in [0, 0.05) is 31.4 Å². The molecule has 0 atom stereocenters. The SMILES string of the molecule is CCCn1c(=O)c2[nH]c(C(C=NCc3ccccc3)=CN)nc2n2ccnc12. The second-order valence-electron chi connectivity index (χ2n) is 6.42. The summed E-state index contributed by atoms with van der Waals surface area (Å²) in [6, 6.07) is 9.94. The quantitative estimate of drug-likeness (QED) is 0.505. The van der Waals surface area contributed by atoms with Gasteiger partial charge in [0.15, 0.2) is 11.2 Å². The lowest BCUT2D eigenvalue weighted by atomic mass is 10.2. The number of aliphatic imine (C=N–C) groups is 1. The molecule has 0 saturated carbocycles. The van der Waals surface area contributed by atoms with Crippen LogP contribution in [0.3, 0.4) is 0 Å². The Kier molecular flexibility index (Phi) is 4.76. The summed E-state index contributed by atoms with van der Waals surface area (Å²) in [5.41, 5.74) is 8.31. The lowest BCUT2D eigenvalue weighted by Crippen LogP contribution is -2.23. The standard InChI is InChI=1S/C20H21N7O/c1-2-9-27-19(28)16-18(26-10-8-23-20(26)27)25-17(24-16)15(11-21)13-22-12-14-6-4-3-5-7-14/h3-8,10-11,13H,2,9,12,21H2,1H3,(H,24,25). The Morgan fingerprint density at radius 1 is 1.32 bits per heavy atom. The summed E-state index contributed by atoms with van der Waals surface area (Å²) in [6.45, 7) is 3.14. The fourth-order valence-corrected chi connectivity index (χ4v) is 3.15. The number of H-pyrrole nitrogens is 1. The van der Waals surface area contributed by atoms with Crippen molar-refractivity contribution in [1.82, 2.24) is 23.9 Å². The summed E-state index contributed by atoms with van der Waals surface area (Å²) in [7, 11) is 0. The number of nitrogens with zero attached hydrogens (tertiary/aromatic N) is 5. The van der Waals surface area contributed by atoms with Crippen LogP contribution in [0.1, 0.15) is 24.7 Å². The molecule has 3 N–H and O–H groups in total. The second-order valence-corrected chi connectivity index (χ2v) is 6.42. The van der Waals surface area contributed by atoms with Crippen LogP contribution in [0.2, 0.25) is 0 Å². The van der Waals surface area contributed by atoms with E-state index in [1.807, 2.05) is 41.7 Å². The van der Waals surface area contributed by atoms with Crippen molar-refractivity contribution in [3.63, 3.8) is 0 Å². The number of aryl methyl sites for hydroxylation is 1. The molecule has 0 bridgehead atoms. The van der Waals surface area contributed by atoms with Crippen molar-refractivity contribution in [2.24, 2.45) is 10.7 Å². The van der Waals surface area contributed by atoms with Gasteiger partial charge in [-0.2, -0.15) is 0 Å². The Morgan fingerprint density at radius 2 is 2.14 bits per heavy atom. The number of allylic oxidation sites excluding steroid dienone is 1. The number of aromatic nitrogens is 5. The molecular weight excluding hydrogens is 354 g/mol. The summed E-state index contributed by atoms with van der Waals surface area (Å²) in [4.78, 5) is 29.4. The molecule has 0 saturated heterocycles. The van der Waals surface area contributed by atoms with Crippen molar-refractivity contribution in [2.75, 3.05) is 0 Å². The number of benzene rings is 1. The largest absolute Gasteiger partial charge is 0.404 e. The fraction of sp³-hybridized carbons (Fsp3) is 0.200. The third-order valence-corrected chi connectivity index (χ3v) is 4.48. The number of hydrogen-bond donors (Lipinski definition) is 2. The molecule has 0 spiro atoms. The number of nitrogens with two attached hydrogens (primary N) is 1. The average molecular weight is 375 g/mol. The first-order valence-electron chi connectivity index (χ1n) is 9.14. The van der Waals surface area contributed by atoms with Crippen molar-refractivity contribution in [1.29, 1.82) is 0 Å². The zero-order chi connectivity index (χ0) is 19.5. The maximum Gasteiger partial charge on any atom is 0.280 e. The fourth-order valence-electron chi connectivity index (χ4n) is 3.15. The van der Waals surface area contributed by atoms with Crippen LogP contribution in [0.4, 0.5) is 0 Å². The predicted molar refractivity (Wildman–Crippen MR) is 110 cm³/mol. The molecule has 3 aromatic heterocycles. The van der Waals surface area contributed by atoms with E-state index in [2.05, 4.69) is 19.9 Å². The molecule has 4 aromatic rings. The van der Waals surface area contributed by atoms with Gasteiger partial charge in [-0.15, -0.1) is 0 Å². The third kappa shape index (κ3) is 3.09. The summed E-state index contributed by atoms with van der Waals surface area (Å²) >= 11 is 0. The highest BCUT2D eigenvalue weighted by molar-refractivity contribution is 6.08. The number of rotatable bonds is 6. The molecule has 3 heterocycles. The molecule has 0 aliphatic rings. The molecule has 0 amide bonds. The first kappa shape index (κ1) is 17.7. The lowest BCUT2D eigenvalue weighted by molar-refractivity contribution is 0.663. The Balaban J connectivity index is 1.74. The van der Waals surface area contributed by atoms with Crippen LogP contribution in [0.15, 0.2) is 58.7 Å². The zero-order valence-electron chi connectivity index (χ0n) is 15.5. The number of fused-ring (bicyclic) bond motifs is 3. The van der Waals surface area contributed by atoms with E-state index in [1.54, 1.807) is 23.2 Å². The zero-order valence-corrected chi connectivity index (χ0v) is 15.5. The monoisotopic (exact) mass is 375 g/mol. The van der Waals surface area contributed by atoms with Gasteiger partial charge >= 0.3 is 0 Å². The molecule has 0 aliphatic heterocycles. The van der Waals surface area contributed by atoms with E-state index in [4.69, 9.17) is 5.73 Å². The minimum Gasteiger partial charge on any atom is -0.404 e. The number of hydrogen-bond acceptors (Lipinski definition) is 5. The first-order chi connectivity index (χ1) is 13.7. The molecule has 0 fully saturated rings. The highest BCUT2D eigenvalue weighted by Gasteiger charge is 2.16. The van der Waals surface area contributed by atoms with E-state index in [0.29, 0.717) is 41.4 Å². The van der Waals surface area contributed by atoms with Gasteiger partial charge in [-0.3, -0.25) is 18.8 Å². The van der Waals surface area contributed by atoms with Gasteiger partial charge in [0.1, 0.15) is 5.82 Å². The Morgan fingerprint density at radius 3 is 2.89 bits per heavy atom. The van der Waals surface area contributed by atoms with Crippen LogP contribution in [-0.2, 0) is 13.1 Å². The van der Waals surface area contributed by atoms with E-state index < -0.39 is 0 Å². The maximum absolute atomic E-state index is 12.9. The Hall–Kier alpha value is -3.68. The second kappa shape index (κ2) is 7.51. The topological polar surface area (TPSA) is 106 Å². The lowest BCUT2D eigenvalue weighted by Gasteiger charge is -2.05. The molecule has 1 aromatic carbocycles. The highest BCUT2D eigenvalue weighted by Crippen LogP contribution is 2.15. The van der Waals surface area contributed by atoms with Crippen LogP contribution in [0, 0.1) is 0 Å². The molecule has 8 heteroatoms. The smallest absolute Gasteiger partial charge is 0.280 e. The van der Waals surface area contributed by atoms with Crippen molar-refractivity contribution in [3.8, 4) is 0 Å². The summed E-state index contributed by atoms with van der Waals surface area (Å²) in [5.74, 6) is 1.07. The maximum atomic E-state index is 12.9. The molecule has 8 nitrogen and oxygen atoms in total. The van der Waals surface area contributed by atoms with E-state index >= 15 is 0 Å². The van der Waals surface area contributed by atoms with E-state index in [0.717, 1.165) is 12.0 Å². The van der Waals surface area contributed by atoms with E-state index in [1.165, 1.54) is 6.20 Å². The van der Waals surface area contributed by atoms with E-state index in [-0.39, 0.29) is 5.56 Å². The Labute approximate surface area is 161 Å². The van der Waals surface area contributed by atoms with Gasteiger partial charge in [0.2, 0.25) is 5.78 Å². The van der Waals surface area contributed by atoms with Gasteiger partial charge in [-0.05, 0) is 12.0 Å². The van der Waals surface area contributed by atoms with Crippen LogP contribution < -0.4 is 11.3 Å². The average Bonchev–Trinajstić information content (AvgIpc) is 3.36. The summed E-state index contributed by atoms with van der Waals surface area (Å²) < 4.78 is 3.46. The molecule has 4 rings (SSSR count). The van der Waals surface area contributed by atoms with Gasteiger partial charge in [-0.25, -0.2) is 9.97 Å². The minimum atomic E-state index is -0.146. The van der Waals surface area contributed by atoms with Crippen molar-refractivity contribution in [2.45, 2.75) is 26.4 Å². The van der Waals surface area contributed by atoms with E-state index in [9.17, 15) is 4.79 Å². The van der Waals surface area contributed by atoms with Gasteiger partial charge < -0.3 is 10.7 Å². The van der Waals surface area contributed by atoms with Gasteiger partial charge in [0.25, 0.3) is 5.56 Å². The summed E-state index contributed by atoms with van der Waals surface area (Å²) in [5, 5.41) is 0. The number of imidazole rings is 2. The first-order valence-corrected chi connectivity index (χ1v) is 9.14. The van der Waals surface area contributed by atoms with Crippen LogP contribution in [0.5, 0.6) is 0 Å². The van der Waals surface area contributed by atoms with Crippen molar-refractivity contribution < 1.29 is 0 Å². The normalized spacial score (nSPS) is 12.5. The molecule has 142 valence electrons. The van der Waals surface area contributed by atoms with Crippen molar-refractivity contribution in [3.05, 3.63) is 70.7 Å². The van der Waals surface area contributed by atoms with Crippen LogP contribution in [-0.4, -0.2) is 30.1 Å². The summed E-state index contributed by atoms with van der Waals surface area (Å²) in [6.07, 6.45) is 7.39. The highest BCUT2D eigenvalue weighted by atomic mass is 16.1. The third-order valence-electron chi connectivity index (χ3n) is 4.48. The molecule has 0 unspecified atom stereocenters. The molecular formula is C20H21N7O. The van der Waals surface area contributed by atoms with Gasteiger partial charge in [-0.1, -0.05) is 37.3 Å². The number of aromatic amines is 1. The molecule has 28 heavy (non-hydrogen) atoms. The Bertz CT molecular complexity index is 1230. The van der Waals surface area contributed by atoms with Crippen molar-refractivity contribution >= 4 is 28.7 Å². The molecule has 0 aliphatic carbocycles. The molecule has 0 radical (unpaired) electrons. The van der Waals surface area contributed by atoms with Crippen LogP contribution in [0.25, 0.3) is 22.5 Å². The van der Waals surface area contributed by atoms with Crippen LogP contribution >= 0.6 is 0 Å².